The standard InChI is InChI=1S/C12H10ClN3O/c13-9-3-1-8(2-4-9)12(17)16-11-5-6-15-7-10(11)14/h1-7H,14H2,(H,15,16,17). The number of nitrogens with zero attached hydrogens (tertiary/aromatic N) is 1. The van der Waals surface area contributed by atoms with Crippen molar-refractivity contribution in [2.24, 2.45) is 0 Å². The average Bonchev–Trinajstić information content (AvgIpc) is 2.33. The summed E-state index contributed by atoms with van der Waals surface area (Å²) in [6.45, 7) is 0. The number of rotatable bonds is 2. The molecule has 0 bridgehead atoms. The van der Waals surface area contributed by atoms with Gasteiger partial charge in [-0.15, -0.1) is 0 Å². The zero-order valence-electron chi connectivity index (χ0n) is 8.85. The Morgan fingerprint density at radius 1 is 1.24 bits per heavy atom. The minimum Gasteiger partial charge on any atom is -0.396 e. The van der Waals surface area contributed by atoms with Crippen LogP contribution in [0.4, 0.5) is 11.4 Å². The van der Waals surface area contributed by atoms with Gasteiger partial charge < -0.3 is 11.1 Å². The number of halogens is 1. The maximum atomic E-state index is 11.8. The van der Waals surface area contributed by atoms with Gasteiger partial charge in [-0.2, -0.15) is 0 Å². The molecule has 2 rings (SSSR count). The van der Waals surface area contributed by atoms with Gasteiger partial charge in [0.2, 0.25) is 0 Å². The predicted molar refractivity (Wildman–Crippen MR) is 68.1 cm³/mol. The first kappa shape index (κ1) is 11.4. The highest BCUT2D eigenvalue weighted by Gasteiger charge is 2.07. The number of aromatic nitrogens is 1. The number of carbonyl (C=O) groups excluding carboxylic acids is 1. The molecular weight excluding hydrogens is 238 g/mol. The number of hydrogen-bond donors (Lipinski definition) is 2. The lowest BCUT2D eigenvalue weighted by Gasteiger charge is -2.07. The molecule has 1 aromatic carbocycles. The average molecular weight is 248 g/mol. The molecule has 0 fully saturated rings. The summed E-state index contributed by atoms with van der Waals surface area (Å²) in [5.41, 5.74) is 7.16. The minimum atomic E-state index is -0.237. The third-order valence-corrected chi connectivity index (χ3v) is 2.46. The normalized spacial score (nSPS) is 9.94. The molecule has 0 saturated heterocycles. The second kappa shape index (κ2) is 4.84. The number of pyridine rings is 1. The van der Waals surface area contributed by atoms with Crippen molar-refractivity contribution in [3.63, 3.8) is 0 Å². The molecule has 1 amide bonds. The molecule has 0 saturated carbocycles. The molecular formula is C12H10ClN3O. The largest absolute Gasteiger partial charge is 0.396 e. The first-order valence-electron chi connectivity index (χ1n) is 4.93. The quantitative estimate of drug-likeness (QED) is 0.857. The van der Waals surface area contributed by atoms with E-state index in [1.807, 2.05) is 0 Å². The zero-order valence-corrected chi connectivity index (χ0v) is 9.61. The molecule has 0 aliphatic rings. The Hall–Kier alpha value is -2.07. The highest BCUT2D eigenvalue weighted by molar-refractivity contribution is 6.30. The molecule has 0 spiro atoms. The van der Waals surface area contributed by atoms with Gasteiger partial charge in [0.1, 0.15) is 0 Å². The van der Waals surface area contributed by atoms with Gasteiger partial charge in [-0.1, -0.05) is 11.6 Å². The van der Waals surface area contributed by atoms with Crippen LogP contribution in [-0.4, -0.2) is 10.9 Å². The molecule has 0 radical (unpaired) electrons. The third kappa shape index (κ3) is 2.73. The highest BCUT2D eigenvalue weighted by Crippen LogP contribution is 2.17. The van der Waals surface area contributed by atoms with E-state index in [2.05, 4.69) is 10.3 Å². The molecule has 0 atom stereocenters. The predicted octanol–water partition coefficient (Wildman–Crippen LogP) is 2.57. The van der Waals surface area contributed by atoms with Crippen LogP contribution in [0.1, 0.15) is 10.4 Å². The summed E-state index contributed by atoms with van der Waals surface area (Å²) >= 11 is 5.74. The van der Waals surface area contributed by atoms with Crippen LogP contribution >= 0.6 is 11.6 Å². The summed E-state index contributed by atoms with van der Waals surface area (Å²) in [7, 11) is 0. The number of hydrogen-bond acceptors (Lipinski definition) is 3. The van der Waals surface area contributed by atoms with E-state index in [1.54, 1.807) is 36.5 Å². The summed E-state index contributed by atoms with van der Waals surface area (Å²) in [5.74, 6) is -0.237. The first-order valence-corrected chi connectivity index (χ1v) is 5.31. The van der Waals surface area contributed by atoms with Gasteiger partial charge in [0, 0.05) is 16.8 Å². The Morgan fingerprint density at radius 3 is 2.59 bits per heavy atom. The molecule has 1 aromatic heterocycles. The second-order valence-electron chi connectivity index (χ2n) is 3.42. The molecule has 0 aliphatic heterocycles. The van der Waals surface area contributed by atoms with Crippen LogP contribution in [0.15, 0.2) is 42.7 Å². The lowest BCUT2D eigenvalue weighted by atomic mass is 10.2. The maximum Gasteiger partial charge on any atom is 0.255 e. The minimum absolute atomic E-state index is 0.237. The first-order chi connectivity index (χ1) is 8.16. The van der Waals surface area contributed by atoms with E-state index in [0.29, 0.717) is 22.0 Å². The van der Waals surface area contributed by atoms with E-state index in [1.165, 1.54) is 6.20 Å². The van der Waals surface area contributed by atoms with Gasteiger partial charge in [-0.25, -0.2) is 0 Å². The molecule has 1 heterocycles. The van der Waals surface area contributed by atoms with Gasteiger partial charge in [0.15, 0.2) is 0 Å². The number of carbonyl (C=O) groups is 1. The lowest BCUT2D eigenvalue weighted by Crippen LogP contribution is -2.13. The van der Waals surface area contributed by atoms with Crippen molar-refractivity contribution in [2.75, 3.05) is 11.1 Å². The number of nitrogens with one attached hydrogen (secondary N) is 1. The summed E-state index contributed by atoms with van der Waals surface area (Å²) in [6.07, 6.45) is 3.05. The zero-order chi connectivity index (χ0) is 12.3. The Kier molecular flexibility index (Phi) is 3.25. The molecule has 17 heavy (non-hydrogen) atoms. The van der Waals surface area contributed by atoms with Gasteiger partial charge in [0.25, 0.3) is 5.91 Å². The van der Waals surface area contributed by atoms with Crippen molar-refractivity contribution in [3.8, 4) is 0 Å². The van der Waals surface area contributed by atoms with Crippen molar-refractivity contribution in [1.29, 1.82) is 0 Å². The molecule has 4 nitrogen and oxygen atoms in total. The van der Waals surface area contributed by atoms with Crippen molar-refractivity contribution in [1.82, 2.24) is 4.98 Å². The van der Waals surface area contributed by atoms with E-state index in [4.69, 9.17) is 17.3 Å². The van der Waals surface area contributed by atoms with E-state index in [0.717, 1.165) is 0 Å². The summed E-state index contributed by atoms with van der Waals surface area (Å²) in [5, 5.41) is 3.29. The van der Waals surface area contributed by atoms with Crippen molar-refractivity contribution in [2.45, 2.75) is 0 Å². The summed E-state index contributed by atoms with van der Waals surface area (Å²) < 4.78 is 0. The second-order valence-corrected chi connectivity index (χ2v) is 3.86. The highest BCUT2D eigenvalue weighted by atomic mass is 35.5. The SMILES string of the molecule is Nc1cnccc1NC(=O)c1ccc(Cl)cc1. The van der Waals surface area contributed by atoms with Crippen LogP contribution in [-0.2, 0) is 0 Å². The maximum absolute atomic E-state index is 11.8. The summed E-state index contributed by atoms with van der Waals surface area (Å²) in [4.78, 5) is 15.7. The molecule has 0 aliphatic carbocycles. The molecule has 2 aromatic rings. The fourth-order valence-electron chi connectivity index (χ4n) is 1.32. The van der Waals surface area contributed by atoms with Crippen LogP contribution in [0.25, 0.3) is 0 Å². The fraction of sp³-hybridized carbons (Fsp3) is 0. The van der Waals surface area contributed by atoms with E-state index in [9.17, 15) is 4.79 Å². The van der Waals surface area contributed by atoms with E-state index < -0.39 is 0 Å². The topological polar surface area (TPSA) is 68.0 Å². The smallest absolute Gasteiger partial charge is 0.255 e. The number of nitrogen functional groups attached to an aromatic ring is 1. The van der Waals surface area contributed by atoms with E-state index >= 15 is 0 Å². The molecule has 3 N–H and O–H groups in total. The Balaban J connectivity index is 2.17. The molecule has 5 heteroatoms. The van der Waals surface area contributed by atoms with Gasteiger partial charge in [-0.05, 0) is 30.3 Å². The van der Waals surface area contributed by atoms with E-state index in [-0.39, 0.29) is 5.91 Å². The van der Waals surface area contributed by atoms with Crippen molar-refractivity contribution in [3.05, 3.63) is 53.3 Å². The Bertz CT molecular complexity index is 540. The fourth-order valence-corrected chi connectivity index (χ4v) is 1.44. The van der Waals surface area contributed by atoms with Gasteiger partial charge in [-0.3, -0.25) is 9.78 Å². The lowest BCUT2D eigenvalue weighted by molar-refractivity contribution is 0.102. The van der Waals surface area contributed by atoms with Crippen LogP contribution in [0, 0.1) is 0 Å². The van der Waals surface area contributed by atoms with Crippen LogP contribution in [0.2, 0.25) is 5.02 Å². The molecule has 86 valence electrons. The molecule has 0 unspecified atom stereocenters. The number of nitrogens with two attached hydrogens (primary N) is 1. The Morgan fingerprint density at radius 2 is 1.94 bits per heavy atom. The number of anilines is 2. The summed E-state index contributed by atoms with van der Waals surface area (Å²) in [6, 6.07) is 8.26. The van der Waals surface area contributed by atoms with Crippen molar-refractivity contribution >= 4 is 28.9 Å². The van der Waals surface area contributed by atoms with Crippen LogP contribution in [0.5, 0.6) is 0 Å². The third-order valence-electron chi connectivity index (χ3n) is 2.21. The Labute approximate surface area is 103 Å². The monoisotopic (exact) mass is 247 g/mol. The van der Waals surface area contributed by atoms with Crippen molar-refractivity contribution < 1.29 is 4.79 Å². The van der Waals surface area contributed by atoms with Gasteiger partial charge >= 0.3 is 0 Å². The number of benzene rings is 1. The van der Waals surface area contributed by atoms with Gasteiger partial charge in [0.05, 0.1) is 17.6 Å². The number of amides is 1. The van der Waals surface area contributed by atoms with Crippen LogP contribution < -0.4 is 11.1 Å². The van der Waals surface area contributed by atoms with Crippen LogP contribution in [0.3, 0.4) is 0 Å².